The van der Waals surface area contributed by atoms with Gasteiger partial charge in [0.1, 0.15) is 5.75 Å². The van der Waals surface area contributed by atoms with Gasteiger partial charge in [-0.1, -0.05) is 0 Å². The van der Waals surface area contributed by atoms with Crippen LogP contribution in [0.5, 0.6) is 5.75 Å². The molecule has 0 N–H and O–H groups in total. The molecule has 1 rings (SSSR count). The third-order valence-corrected chi connectivity index (χ3v) is 4.35. The van der Waals surface area contributed by atoms with Gasteiger partial charge in [0.05, 0.1) is 23.0 Å². The maximum Gasteiger partial charge on any atom is 0.181 e. The maximum atomic E-state index is 11.4. The van der Waals surface area contributed by atoms with Crippen LogP contribution in [0.1, 0.15) is 10.4 Å². The molecule has 1 aromatic carbocycles. The van der Waals surface area contributed by atoms with Crippen LogP contribution in [0.3, 0.4) is 0 Å². The smallest absolute Gasteiger partial charge is 0.181 e. The van der Waals surface area contributed by atoms with Gasteiger partial charge in [0.25, 0.3) is 0 Å². The Kier molecular flexibility index (Phi) is 4.66. The van der Waals surface area contributed by atoms with Crippen molar-refractivity contribution in [2.24, 2.45) is 0 Å². The summed E-state index contributed by atoms with van der Waals surface area (Å²) in [7, 11) is 1.53. The molecule has 5 heteroatoms. The first-order chi connectivity index (χ1) is 6.61. The van der Waals surface area contributed by atoms with Gasteiger partial charge >= 0.3 is 0 Å². The second-order valence-corrected chi connectivity index (χ2v) is 4.72. The van der Waals surface area contributed by atoms with E-state index >= 15 is 0 Å². The lowest BCUT2D eigenvalue weighted by atomic mass is 10.1. The maximum absolute atomic E-state index is 11.4. The van der Waals surface area contributed by atoms with Crippen LogP contribution in [0.25, 0.3) is 0 Å². The fourth-order valence-corrected chi connectivity index (χ4v) is 2.10. The van der Waals surface area contributed by atoms with E-state index in [1.165, 1.54) is 7.11 Å². The average molecular weight is 389 g/mol. The monoisotopic (exact) mass is 388 g/mol. The van der Waals surface area contributed by atoms with Crippen LogP contribution in [0.15, 0.2) is 16.6 Å². The van der Waals surface area contributed by atoms with Crippen molar-refractivity contribution in [3.63, 3.8) is 0 Å². The fourth-order valence-electron chi connectivity index (χ4n) is 1.02. The molecule has 0 aliphatic carbocycles. The van der Waals surface area contributed by atoms with E-state index in [9.17, 15) is 4.79 Å². The van der Waals surface area contributed by atoms with Crippen molar-refractivity contribution in [3.8, 4) is 5.75 Å². The van der Waals surface area contributed by atoms with Crippen molar-refractivity contribution in [1.29, 1.82) is 0 Å². The van der Waals surface area contributed by atoms with Crippen LogP contribution in [-0.4, -0.2) is 18.8 Å². The van der Waals surface area contributed by atoms with Crippen molar-refractivity contribution < 1.29 is 9.53 Å². The third-order valence-electron chi connectivity index (χ3n) is 1.68. The highest BCUT2D eigenvalue weighted by atomic mass is 127. The number of hydrogen-bond donors (Lipinski definition) is 0. The minimum Gasteiger partial charge on any atom is -0.495 e. The van der Waals surface area contributed by atoms with Gasteiger partial charge in [0.15, 0.2) is 5.78 Å². The molecule has 0 aromatic heterocycles. The van der Waals surface area contributed by atoms with Crippen molar-refractivity contribution in [2.75, 3.05) is 13.0 Å². The summed E-state index contributed by atoms with van der Waals surface area (Å²) in [5, 5.41) is 0. The Hall–Kier alpha value is 0.190. The molecule has 0 aliphatic heterocycles. The van der Waals surface area contributed by atoms with E-state index in [1.54, 1.807) is 6.07 Å². The van der Waals surface area contributed by atoms with E-state index in [0.717, 1.165) is 8.04 Å². The number of hydrogen-bond acceptors (Lipinski definition) is 2. The Morgan fingerprint density at radius 2 is 2.29 bits per heavy atom. The zero-order chi connectivity index (χ0) is 10.7. The number of ether oxygens (including phenoxy) is 1. The predicted molar refractivity (Wildman–Crippen MR) is 68.5 cm³/mol. The molecule has 1 aromatic rings. The molecule has 0 saturated heterocycles. The van der Waals surface area contributed by atoms with Crippen molar-refractivity contribution in [1.82, 2.24) is 0 Å². The number of carbonyl (C=O) groups is 1. The Morgan fingerprint density at radius 3 is 2.79 bits per heavy atom. The molecule has 0 spiro atoms. The number of ketones is 1. The number of alkyl halides is 1. The van der Waals surface area contributed by atoms with E-state index in [-0.39, 0.29) is 11.7 Å². The van der Waals surface area contributed by atoms with E-state index in [0.29, 0.717) is 11.3 Å². The van der Waals surface area contributed by atoms with Gasteiger partial charge in [-0.25, -0.2) is 0 Å². The minimum absolute atomic E-state index is 0.0383. The van der Waals surface area contributed by atoms with Gasteiger partial charge in [0.2, 0.25) is 0 Å². The molecular formula is C9H7BrClIO2. The molecule has 14 heavy (non-hydrogen) atoms. The SMILES string of the molecule is COc1c(C(=O)CCl)ccc(I)c1Br. The number of Topliss-reactive ketones (excluding diaryl/α,β-unsaturated/α-hetero) is 1. The second-order valence-electron chi connectivity index (χ2n) is 2.50. The summed E-state index contributed by atoms with van der Waals surface area (Å²) < 4.78 is 6.93. The molecule has 0 bridgehead atoms. The normalized spacial score (nSPS) is 10.0. The molecule has 2 nitrogen and oxygen atoms in total. The predicted octanol–water partition coefficient (Wildman–Crippen LogP) is 3.48. The summed E-state index contributed by atoms with van der Waals surface area (Å²) in [4.78, 5) is 11.4. The second kappa shape index (κ2) is 5.32. The summed E-state index contributed by atoms with van der Waals surface area (Å²) in [6, 6.07) is 3.56. The van der Waals surface area contributed by atoms with Gasteiger partial charge < -0.3 is 4.74 Å². The first-order valence-corrected chi connectivity index (χ1v) is 6.13. The van der Waals surface area contributed by atoms with Gasteiger partial charge in [-0.2, -0.15) is 0 Å². The first kappa shape index (κ1) is 12.3. The molecule has 0 unspecified atom stereocenters. The zero-order valence-electron chi connectivity index (χ0n) is 7.31. The quantitative estimate of drug-likeness (QED) is 0.450. The van der Waals surface area contributed by atoms with Crippen LogP contribution >= 0.6 is 50.1 Å². The molecule has 0 radical (unpaired) electrons. The van der Waals surface area contributed by atoms with E-state index < -0.39 is 0 Å². The van der Waals surface area contributed by atoms with Gasteiger partial charge in [0, 0.05) is 3.57 Å². The third kappa shape index (κ3) is 2.41. The molecule has 0 amide bonds. The zero-order valence-corrected chi connectivity index (χ0v) is 11.8. The number of rotatable bonds is 3. The molecule has 0 saturated carbocycles. The average Bonchev–Trinajstić information content (AvgIpc) is 2.20. The lowest BCUT2D eigenvalue weighted by Crippen LogP contribution is -2.04. The van der Waals surface area contributed by atoms with Crippen molar-refractivity contribution in [2.45, 2.75) is 0 Å². The fraction of sp³-hybridized carbons (Fsp3) is 0.222. The van der Waals surface area contributed by atoms with Gasteiger partial charge in [-0.15, -0.1) is 11.6 Å². The van der Waals surface area contributed by atoms with Crippen LogP contribution in [0.4, 0.5) is 0 Å². The standard InChI is InChI=1S/C9H7BrClIO2/c1-14-9-5(7(13)4-11)2-3-6(12)8(9)10/h2-3H,4H2,1H3. The van der Waals surface area contributed by atoms with E-state index in [2.05, 4.69) is 38.5 Å². The van der Waals surface area contributed by atoms with E-state index in [1.807, 2.05) is 6.07 Å². The van der Waals surface area contributed by atoms with Crippen molar-refractivity contribution >= 4 is 55.9 Å². The van der Waals surface area contributed by atoms with Crippen molar-refractivity contribution in [3.05, 3.63) is 25.7 Å². The molecule has 0 atom stereocenters. The molecular weight excluding hydrogens is 382 g/mol. The van der Waals surface area contributed by atoms with Crippen LogP contribution in [0, 0.1) is 3.57 Å². The first-order valence-electron chi connectivity index (χ1n) is 3.73. The molecule has 0 heterocycles. The number of benzene rings is 1. The van der Waals surface area contributed by atoms with Gasteiger partial charge in [-0.05, 0) is 50.7 Å². The highest BCUT2D eigenvalue weighted by molar-refractivity contribution is 14.1. The summed E-state index contributed by atoms with van der Waals surface area (Å²) in [5.41, 5.74) is 0.509. The highest BCUT2D eigenvalue weighted by Gasteiger charge is 2.15. The summed E-state index contributed by atoms with van der Waals surface area (Å²) >= 11 is 11.0. The number of methoxy groups -OCH3 is 1. The molecule has 76 valence electrons. The summed E-state index contributed by atoms with van der Waals surface area (Å²) in [6.45, 7) is 0. The minimum atomic E-state index is -0.138. The highest BCUT2D eigenvalue weighted by Crippen LogP contribution is 2.33. The largest absolute Gasteiger partial charge is 0.495 e. The van der Waals surface area contributed by atoms with E-state index in [4.69, 9.17) is 16.3 Å². The topological polar surface area (TPSA) is 26.3 Å². The summed E-state index contributed by atoms with van der Waals surface area (Å²) in [6.07, 6.45) is 0. The lowest BCUT2D eigenvalue weighted by molar-refractivity contribution is 0.101. The molecule has 0 fully saturated rings. The number of carbonyl (C=O) groups excluding carboxylic acids is 1. The van der Waals surface area contributed by atoms with Crippen LogP contribution < -0.4 is 4.74 Å². The Morgan fingerprint density at radius 1 is 1.64 bits per heavy atom. The Balaban J connectivity index is 3.31. The lowest BCUT2D eigenvalue weighted by Gasteiger charge is -2.09. The molecule has 0 aliphatic rings. The van der Waals surface area contributed by atoms with Gasteiger partial charge in [-0.3, -0.25) is 4.79 Å². The Labute approximate surface area is 109 Å². The number of halogens is 3. The van der Waals surface area contributed by atoms with Crippen LogP contribution in [0.2, 0.25) is 0 Å². The Bertz CT molecular complexity index is 368. The summed E-state index contributed by atoms with van der Waals surface area (Å²) in [5.74, 6) is 0.367. The van der Waals surface area contributed by atoms with Crippen LogP contribution in [-0.2, 0) is 0 Å².